The molecule has 1 aromatic heterocycles. The second kappa shape index (κ2) is 5.80. The highest BCUT2D eigenvalue weighted by atomic mass is 16.4. The summed E-state index contributed by atoms with van der Waals surface area (Å²) in [7, 11) is 0. The predicted octanol–water partition coefficient (Wildman–Crippen LogP) is 3.28. The molecule has 5 nitrogen and oxygen atoms in total. The lowest BCUT2D eigenvalue weighted by atomic mass is 9.96. The van der Waals surface area contributed by atoms with E-state index >= 15 is 0 Å². The van der Waals surface area contributed by atoms with Gasteiger partial charge in [-0.25, -0.2) is 0 Å². The topological polar surface area (TPSA) is 59.2 Å². The zero-order valence-corrected chi connectivity index (χ0v) is 13.4. The van der Waals surface area contributed by atoms with Crippen molar-refractivity contribution < 1.29 is 9.21 Å². The van der Waals surface area contributed by atoms with E-state index in [1.807, 2.05) is 36.1 Å². The molecule has 23 heavy (non-hydrogen) atoms. The number of carbonyl (C=O) groups excluding carboxylic acids is 1. The maximum Gasteiger partial charge on any atom is 0.253 e. The number of aryl methyl sites for hydroxylation is 1. The maximum atomic E-state index is 12.5. The monoisotopic (exact) mass is 311 g/mol. The Morgan fingerprint density at radius 1 is 1.00 bits per heavy atom. The lowest BCUT2D eigenvalue weighted by Gasteiger charge is -2.30. The molecule has 4 rings (SSSR count). The Hall–Kier alpha value is -2.17. The van der Waals surface area contributed by atoms with Gasteiger partial charge in [-0.15, -0.1) is 10.2 Å². The quantitative estimate of drug-likeness (QED) is 0.873. The number of rotatable bonds is 3. The van der Waals surface area contributed by atoms with Crippen molar-refractivity contribution in [2.75, 3.05) is 13.1 Å². The molecule has 2 aromatic rings. The number of piperidine rings is 1. The average molecular weight is 311 g/mol. The number of benzene rings is 1. The van der Waals surface area contributed by atoms with Crippen LogP contribution in [-0.4, -0.2) is 34.1 Å². The summed E-state index contributed by atoms with van der Waals surface area (Å²) in [6.07, 6.45) is 4.13. The number of carbonyl (C=O) groups is 1. The summed E-state index contributed by atoms with van der Waals surface area (Å²) in [5.41, 5.74) is 1.94. The Morgan fingerprint density at radius 3 is 2.13 bits per heavy atom. The Kier molecular flexibility index (Phi) is 3.63. The molecule has 2 heterocycles. The van der Waals surface area contributed by atoms with Crippen molar-refractivity contribution in [3.63, 3.8) is 0 Å². The molecule has 5 heteroatoms. The molecule has 1 aliphatic carbocycles. The van der Waals surface area contributed by atoms with E-state index < -0.39 is 0 Å². The predicted molar refractivity (Wildman–Crippen MR) is 85.3 cm³/mol. The molecular weight excluding hydrogens is 290 g/mol. The van der Waals surface area contributed by atoms with Gasteiger partial charge in [0.2, 0.25) is 11.8 Å². The number of likely N-dealkylation sites (tertiary alicyclic amines) is 1. The molecule has 0 bridgehead atoms. The summed E-state index contributed by atoms with van der Waals surface area (Å²) < 4.78 is 5.81. The van der Waals surface area contributed by atoms with Crippen molar-refractivity contribution in [1.29, 1.82) is 0 Å². The molecule has 0 N–H and O–H groups in total. The molecule has 0 radical (unpaired) electrons. The van der Waals surface area contributed by atoms with Gasteiger partial charge < -0.3 is 9.32 Å². The van der Waals surface area contributed by atoms with Crippen LogP contribution in [0.4, 0.5) is 0 Å². The number of amides is 1. The lowest BCUT2D eigenvalue weighted by Crippen LogP contribution is -2.38. The van der Waals surface area contributed by atoms with Gasteiger partial charge >= 0.3 is 0 Å². The first-order chi connectivity index (χ1) is 11.2. The summed E-state index contributed by atoms with van der Waals surface area (Å²) in [6.45, 7) is 3.52. The molecule has 0 unspecified atom stereocenters. The van der Waals surface area contributed by atoms with Crippen LogP contribution in [-0.2, 0) is 0 Å². The smallest absolute Gasteiger partial charge is 0.253 e. The zero-order chi connectivity index (χ0) is 15.8. The van der Waals surface area contributed by atoms with Gasteiger partial charge in [-0.3, -0.25) is 4.79 Å². The van der Waals surface area contributed by atoms with E-state index in [0.29, 0.717) is 5.92 Å². The molecule has 0 spiro atoms. The van der Waals surface area contributed by atoms with E-state index in [0.717, 1.165) is 43.3 Å². The van der Waals surface area contributed by atoms with Crippen LogP contribution >= 0.6 is 0 Å². The number of hydrogen-bond acceptors (Lipinski definition) is 4. The van der Waals surface area contributed by atoms with Crippen LogP contribution in [0.15, 0.2) is 28.7 Å². The number of aromatic nitrogens is 2. The third-order valence-electron chi connectivity index (χ3n) is 4.81. The number of hydrogen-bond donors (Lipinski definition) is 0. The van der Waals surface area contributed by atoms with Gasteiger partial charge in [-0.1, -0.05) is 17.7 Å². The van der Waals surface area contributed by atoms with Crippen molar-refractivity contribution >= 4 is 5.91 Å². The largest absolute Gasteiger partial charge is 0.425 e. The fraction of sp³-hybridized carbons (Fsp3) is 0.500. The molecular formula is C18H21N3O2. The van der Waals surface area contributed by atoms with E-state index in [1.54, 1.807) is 0 Å². The highest BCUT2D eigenvalue weighted by Gasteiger charge is 2.32. The molecule has 1 aromatic carbocycles. The summed E-state index contributed by atoms with van der Waals surface area (Å²) in [5.74, 6) is 2.47. The first-order valence-electron chi connectivity index (χ1n) is 8.40. The minimum Gasteiger partial charge on any atom is -0.425 e. The zero-order valence-electron chi connectivity index (χ0n) is 13.4. The van der Waals surface area contributed by atoms with Crippen LogP contribution < -0.4 is 0 Å². The van der Waals surface area contributed by atoms with Crippen LogP contribution in [0.2, 0.25) is 0 Å². The molecule has 1 amide bonds. The Balaban J connectivity index is 1.38. The Labute approximate surface area is 135 Å². The summed E-state index contributed by atoms with van der Waals surface area (Å²) >= 11 is 0. The Bertz CT molecular complexity index is 695. The van der Waals surface area contributed by atoms with Gasteiger partial charge in [0, 0.05) is 30.5 Å². The minimum atomic E-state index is 0.118. The lowest BCUT2D eigenvalue weighted by molar-refractivity contribution is 0.0706. The summed E-state index contributed by atoms with van der Waals surface area (Å²) in [5, 5.41) is 8.38. The van der Waals surface area contributed by atoms with E-state index in [4.69, 9.17) is 4.42 Å². The van der Waals surface area contributed by atoms with Crippen molar-refractivity contribution in [3.8, 4) is 0 Å². The Morgan fingerprint density at radius 2 is 1.57 bits per heavy atom. The number of nitrogens with zero attached hydrogens (tertiary/aromatic N) is 3. The molecule has 0 atom stereocenters. The fourth-order valence-electron chi connectivity index (χ4n) is 3.12. The van der Waals surface area contributed by atoms with E-state index in [2.05, 4.69) is 10.2 Å². The highest BCUT2D eigenvalue weighted by molar-refractivity contribution is 5.94. The van der Waals surface area contributed by atoms with Crippen LogP contribution in [0.25, 0.3) is 0 Å². The van der Waals surface area contributed by atoms with Gasteiger partial charge in [0.15, 0.2) is 0 Å². The highest BCUT2D eigenvalue weighted by Crippen LogP contribution is 2.40. The van der Waals surface area contributed by atoms with Crippen LogP contribution in [0.3, 0.4) is 0 Å². The van der Waals surface area contributed by atoms with E-state index in [-0.39, 0.29) is 11.8 Å². The first kappa shape index (κ1) is 14.4. The van der Waals surface area contributed by atoms with E-state index in [9.17, 15) is 4.79 Å². The van der Waals surface area contributed by atoms with Gasteiger partial charge in [0.05, 0.1) is 0 Å². The second-order valence-electron chi connectivity index (χ2n) is 6.69. The fourth-order valence-corrected chi connectivity index (χ4v) is 3.12. The molecule has 2 aliphatic rings. The normalized spacial score (nSPS) is 19.1. The van der Waals surface area contributed by atoms with Gasteiger partial charge in [0.25, 0.3) is 5.91 Å². The van der Waals surface area contributed by atoms with Crippen LogP contribution in [0.5, 0.6) is 0 Å². The molecule has 1 saturated carbocycles. The third-order valence-corrected chi connectivity index (χ3v) is 4.81. The van der Waals surface area contributed by atoms with Crippen LogP contribution in [0, 0.1) is 6.92 Å². The standard InChI is InChI=1S/C18H21N3O2/c1-12-2-4-15(5-3-12)18(22)21-10-8-14(9-11-21)17-20-19-16(23-17)13-6-7-13/h2-5,13-14H,6-11H2,1H3. The van der Waals surface area contributed by atoms with Gasteiger partial charge in [-0.2, -0.15) is 0 Å². The minimum absolute atomic E-state index is 0.118. The van der Waals surface area contributed by atoms with Gasteiger partial charge in [0.1, 0.15) is 0 Å². The van der Waals surface area contributed by atoms with Crippen molar-refractivity contribution in [1.82, 2.24) is 15.1 Å². The summed E-state index contributed by atoms with van der Waals surface area (Å²) in [6, 6.07) is 7.78. The van der Waals surface area contributed by atoms with Crippen molar-refractivity contribution in [3.05, 3.63) is 47.2 Å². The van der Waals surface area contributed by atoms with Crippen molar-refractivity contribution in [2.24, 2.45) is 0 Å². The molecule has 1 saturated heterocycles. The van der Waals surface area contributed by atoms with E-state index in [1.165, 1.54) is 18.4 Å². The second-order valence-corrected chi connectivity index (χ2v) is 6.69. The van der Waals surface area contributed by atoms with Crippen molar-refractivity contribution in [2.45, 2.75) is 44.4 Å². The summed E-state index contributed by atoms with van der Waals surface area (Å²) in [4.78, 5) is 14.5. The average Bonchev–Trinajstić information content (AvgIpc) is 3.32. The maximum absolute atomic E-state index is 12.5. The molecule has 2 fully saturated rings. The SMILES string of the molecule is Cc1ccc(C(=O)N2CCC(c3nnc(C4CC4)o3)CC2)cc1. The third kappa shape index (κ3) is 3.00. The molecule has 120 valence electrons. The van der Waals surface area contributed by atoms with Gasteiger partial charge in [-0.05, 0) is 44.7 Å². The first-order valence-corrected chi connectivity index (χ1v) is 8.40. The molecule has 1 aliphatic heterocycles. The van der Waals surface area contributed by atoms with Crippen LogP contribution in [0.1, 0.15) is 65.2 Å².